The molecule has 1 atom stereocenters. The van der Waals surface area contributed by atoms with Gasteiger partial charge in [-0.3, -0.25) is 4.79 Å². The first kappa shape index (κ1) is 12.4. The van der Waals surface area contributed by atoms with Gasteiger partial charge in [-0.05, 0) is 36.5 Å². The van der Waals surface area contributed by atoms with Crippen LogP contribution in [0.15, 0.2) is 24.3 Å². The molecule has 1 saturated carbocycles. The lowest BCUT2D eigenvalue weighted by molar-refractivity contribution is -0.143. The summed E-state index contributed by atoms with van der Waals surface area (Å²) in [5.41, 5.74) is 1.08. The predicted octanol–water partition coefficient (Wildman–Crippen LogP) is 2.38. The molecule has 1 aliphatic carbocycles. The van der Waals surface area contributed by atoms with E-state index in [0.29, 0.717) is 17.5 Å². The van der Waals surface area contributed by atoms with Gasteiger partial charge in [0, 0.05) is 11.6 Å². The van der Waals surface area contributed by atoms with Crippen LogP contribution in [0.1, 0.15) is 18.4 Å². The molecule has 0 radical (unpaired) electrons. The van der Waals surface area contributed by atoms with Crippen LogP contribution in [-0.2, 0) is 16.1 Å². The lowest BCUT2D eigenvalue weighted by atomic mass is 10.1. The summed E-state index contributed by atoms with van der Waals surface area (Å²) >= 11 is 5.91. The van der Waals surface area contributed by atoms with Gasteiger partial charge in [-0.25, -0.2) is 0 Å². The van der Waals surface area contributed by atoms with Gasteiger partial charge in [-0.1, -0.05) is 23.7 Å². The first-order chi connectivity index (χ1) is 8.20. The molecule has 1 N–H and O–H groups in total. The smallest absolute Gasteiger partial charge is 0.323 e. The highest BCUT2D eigenvalue weighted by atomic mass is 35.5. The zero-order valence-corrected chi connectivity index (χ0v) is 10.5. The third kappa shape index (κ3) is 3.45. The molecule has 0 aliphatic heterocycles. The van der Waals surface area contributed by atoms with Crippen LogP contribution in [0, 0.1) is 5.92 Å². The number of rotatable bonds is 5. The molecule has 0 amide bonds. The van der Waals surface area contributed by atoms with Crippen molar-refractivity contribution in [2.45, 2.75) is 25.4 Å². The average Bonchev–Trinajstić information content (AvgIpc) is 3.13. The van der Waals surface area contributed by atoms with Crippen molar-refractivity contribution in [3.63, 3.8) is 0 Å². The van der Waals surface area contributed by atoms with Crippen LogP contribution in [0.5, 0.6) is 0 Å². The van der Waals surface area contributed by atoms with Crippen LogP contribution in [0.2, 0.25) is 5.02 Å². The summed E-state index contributed by atoms with van der Waals surface area (Å²) in [5, 5.41) is 3.96. The Morgan fingerprint density at radius 3 is 2.94 bits per heavy atom. The minimum atomic E-state index is -0.181. The molecule has 0 aromatic heterocycles. The number of hydrogen-bond donors (Lipinski definition) is 1. The number of carbonyl (C=O) groups is 1. The zero-order valence-electron chi connectivity index (χ0n) is 9.78. The lowest BCUT2D eigenvalue weighted by Gasteiger charge is -2.15. The summed E-state index contributed by atoms with van der Waals surface area (Å²) in [6.45, 7) is 0.636. The molecule has 0 bridgehead atoms. The molecule has 4 heteroatoms. The van der Waals surface area contributed by atoms with E-state index in [9.17, 15) is 4.79 Å². The summed E-state index contributed by atoms with van der Waals surface area (Å²) in [7, 11) is 1.43. The number of ether oxygens (including phenoxy) is 1. The Morgan fingerprint density at radius 1 is 1.59 bits per heavy atom. The molecule has 0 spiro atoms. The van der Waals surface area contributed by atoms with Gasteiger partial charge < -0.3 is 10.1 Å². The topological polar surface area (TPSA) is 38.3 Å². The fourth-order valence-corrected chi connectivity index (χ4v) is 2.09. The van der Waals surface area contributed by atoms with E-state index in [0.717, 1.165) is 18.4 Å². The fraction of sp³-hybridized carbons (Fsp3) is 0.462. The normalized spacial score (nSPS) is 16.6. The molecule has 0 heterocycles. The Labute approximate surface area is 106 Å². The summed E-state index contributed by atoms with van der Waals surface area (Å²) in [6, 6.07) is 7.45. The van der Waals surface area contributed by atoms with E-state index in [-0.39, 0.29) is 12.0 Å². The van der Waals surface area contributed by atoms with Crippen molar-refractivity contribution in [1.82, 2.24) is 5.32 Å². The highest BCUT2D eigenvalue weighted by molar-refractivity contribution is 6.30. The second-order valence-electron chi connectivity index (χ2n) is 4.35. The number of esters is 1. The molecule has 2 rings (SSSR count). The van der Waals surface area contributed by atoms with Crippen molar-refractivity contribution in [3.05, 3.63) is 34.9 Å². The third-order valence-electron chi connectivity index (χ3n) is 2.96. The van der Waals surface area contributed by atoms with E-state index in [2.05, 4.69) is 5.32 Å². The van der Waals surface area contributed by atoms with Crippen molar-refractivity contribution in [1.29, 1.82) is 0 Å². The summed E-state index contributed by atoms with van der Waals surface area (Å²) in [6.07, 6.45) is 2.20. The Morgan fingerprint density at radius 2 is 2.35 bits per heavy atom. The van der Waals surface area contributed by atoms with Crippen LogP contribution < -0.4 is 5.32 Å². The highest BCUT2D eigenvalue weighted by Gasteiger charge is 2.36. The minimum absolute atomic E-state index is 0.172. The summed E-state index contributed by atoms with van der Waals surface area (Å²) in [4.78, 5) is 11.6. The molecule has 17 heavy (non-hydrogen) atoms. The van der Waals surface area contributed by atoms with E-state index in [1.54, 1.807) is 0 Å². The molecule has 92 valence electrons. The third-order valence-corrected chi connectivity index (χ3v) is 3.20. The standard InChI is InChI=1S/C13H16ClNO2/c1-17-13(16)12(10-5-6-10)15-8-9-3-2-4-11(14)7-9/h2-4,7,10,12,15H,5-6,8H2,1H3. The van der Waals surface area contributed by atoms with Gasteiger partial charge >= 0.3 is 5.97 Å². The van der Waals surface area contributed by atoms with Gasteiger partial charge in [0.1, 0.15) is 6.04 Å². The SMILES string of the molecule is COC(=O)C(NCc1cccc(Cl)c1)C1CC1. The molecule has 1 aromatic carbocycles. The quantitative estimate of drug-likeness (QED) is 0.819. The van der Waals surface area contributed by atoms with E-state index in [4.69, 9.17) is 16.3 Å². The van der Waals surface area contributed by atoms with Crippen LogP contribution in [0.25, 0.3) is 0 Å². The predicted molar refractivity (Wildman–Crippen MR) is 66.8 cm³/mol. The number of halogens is 1. The minimum Gasteiger partial charge on any atom is -0.468 e. The second kappa shape index (κ2) is 5.52. The number of carbonyl (C=O) groups excluding carboxylic acids is 1. The fourth-order valence-electron chi connectivity index (χ4n) is 1.87. The maximum atomic E-state index is 11.6. The molecular weight excluding hydrogens is 238 g/mol. The molecule has 1 unspecified atom stereocenters. The van der Waals surface area contributed by atoms with Gasteiger partial charge in [0.15, 0.2) is 0 Å². The van der Waals surface area contributed by atoms with Crippen molar-refractivity contribution in [3.8, 4) is 0 Å². The van der Waals surface area contributed by atoms with Crippen LogP contribution in [-0.4, -0.2) is 19.1 Å². The van der Waals surface area contributed by atoms with E-state index >= 15 is 0 Å². The lowest BCUT2D eigenvalue weighted by Crippen LogP contribution is -2.39. The molecule has 1 aliphatic rings. The Kier molecular flexibility index (Phi) is 4.02. The molecular formula is C13H16ClNO2. The van der Waals surface area contributed by atoms with Crippen LogP contribution in [0.3, 0.4) is 0 Å². The van der Waals surface area contributed by atoms with Gasteiger partial charge in [0.05, 0.1) is 7.11 Å². The molecule has 3 nitrogen and oxygen atoms in total. The van der Waals surface area contributed by atoms with Gasteiger partial charge in [0.25, 0.3) is 0 Å². The molecule has 1 aromatic rings. The number of benzene rings is 1. The van der Waals surface area contributed by atoms with Crippen LogP contribution >= 0.6 is 11.6 Å². The van der Waals surface area contributed by atoms with Gasteiger partial charge in [0.2, 0.25) is 0 Å². The van der Waals surface area contributed by atoms with Crippen LogP contribution in [0.4, 0.5) is 0 Å². The molecule has 0 saturated heterocycles. The Balaban J connectivity index is 1.93. The van der Waals surface area contributed by atoms with Crippen molar-refractivity contribution < 1.29 is 9.53 Å². The first-order valence-electron chi connectivity index (χ1n) is 5.76. The summed E-state index contributed by atoms with van der Waals surface area (Å²) in [5.74, 6) is 0.260. The second-order valence-corrected chi connectivity index (χ2v) is 4.79. The maximum Gasteiger partial charge on any atom is 0.323 e. The highest BCUT2D eigenvalue weighted by Crippen LogP contribution is 2.33. The van der Waals surface area contributed by atoms with Gasteiger partial charge in [-0.15, -0.1) is 0 Å². The summed E-state index contributed by atoms with van der Waals surface area (Å²) < 4.78 is 4.80. The Hall–Kier alpha value is -1.06. The van der Waals surface area contributed by atoms with Crippen molar-refractivity contribution in [2.24, 2.45) is 5.92 Å². The average molecular weight is 254 g/mol. The maximum absolute atomic E-state index is 11.6. The number of hydrogen-bond acceptors (Lipinski definition) is 3. The number of methoxy groups -OCH3 is 1. The van der Waals surface area contributed by atoms with Crippen molar-refractivity contribution >= 4 is 17.6 Å². The molecule has 1 fully saturated rings. The van der Waals surface area contributed by atoms with E-state index < -0.39 is 0 Å². The van der Waals surface area contributed by atoms with Crippen molar-refractivity contribution in [2.75, 3.05) is 7.11 Å². The number of nitrogens with one attached hydrogen (secondary N) is 1. The monoisotopic (exact) mass is 253 g/mol. The van der Waals surface area contributed by atoms with E-state index in [1.807, 2.05) is 24.3 Å². The zero-order chi connectivity index (χ0) is 12.3. The largest absolute Gasteiger partial charge is 0.468 e. The Bertz CT molecular complexity index is 404. The first-order valence-corrected chi connectivity index (χ1v) is 6.14. The van der Waals surface area contributed by atoms with Gasteiger partial charge in [-0.2, -0.15) is 0 Å². The van der Waals surface area contributed by atoms with E-state index in [1.165, 1.54) is 7.11 Å².